The Morgan fingerprint density at radius 3 is 2.12 bits per heavy atom. The van der Waals surface area contributed by atoms with Crippen molar-refractivity contribution < 1.29 is 4.79 Å². The lowest BCUT2D eigenvalue weighted by molar-refractivity contribution is -0.133. The normalized spacial score (nSPS) is 44.7. The fourth-order valence-electron chi connectivity index (χ4n) is 5.25. The summed E-state index contributed by atoms with van der Waals surface area (Å²) in [4.78, 5) is 12.0. The van der Waals surface area contributed by atoms with E-state index in [1.807, 2.05) is 0 Å². The van der Waals surface area contributed by atoms with Gasteiger partial charge in [0.2, 0.25) is 5.91 Å². The van der Waals surface area contributed by atoms with Crippen LogP contribution in [0.2, 0.25) is 0 Å². The molecule has 3 heteroatoms. The van der Waals surface area contributed by atoms with E-state index in [9.17, 15) is 4.79 Å². The molecule has 96 valence electrons. The van der Waals surface area contributed by atoms with Gasteiger partial charge >= 0.3 is 0 Å². The van der Waals surface area contributed by atoms with Gasteiger partial charge in [-0.2, -0.15) is 0 Å². The zero-order valence-corrected chi connectivity index (χ0v) is 10.7. The van der Waals surface area contributed by atoms with Crippen LogP contribution in [0.3, 0.4) is 0 Å². The van der Waals surface area contributed by atoms with Crippen molar-refractivity contribution in [3.8, 4) is 0 Å². The summed E-state index contributed by atoms with van der Waals surface area (Å²) in [6.45, 7) is 0.521. The Bertz CT molecular complexity index is 287. The third-order valence-electron chi connectivity index (χ3n) is 5.60. The number of nitrogens with two attached hydrogens (primary N) is 1. The molecule has 0 aliphatic heterocycles. The number of carbonyl (C=O) groups excluding carboxylic acids is 1. The Morgan fingerprint density at radius 1 is 1.18 bits per heavy atom. The molecule has 0 heterocycles. The molecule has 17 heavy (non-hydrogen) atoms. The lowest BCUT2D eigenvalue weighted by Crippen LogP contribution is -2.52. The lowest BCUT2D eigenvalue weighted by Gasteiger charge is -2.56. The summed E-state index contributed by atoms with van der Waals surface area (Å²) in [6.07, 6.45) is 6.93. The van der Waals surface area contributed by atoms with Crippen LogP contribution in [0.25, 0.3) is 0 Å². The molecule has 1 amide bonds. The van der Waals surface area contributed by atoms with Crippen molar-refractivity contribution in [2.75, 3.05) is 13.6 Å². The SMILES string of the molecule is CNC(=O)C(CN)C1C2CC3CC(C2)CC1C3. The van der Waals surface area contributed by atoms with E-state index in [1.165, 1.54) is 32.1 Å². The molecule has 4 aliphatic carbocycles. The molecule has 1 unspecified atom stereocenters. The highest BCUT2D eigenvalue weighted by atomic mass is 16.1. The van der Waals surface area contributed by atoms with Crippen molar-refractivity contribution >= 4 is 5.91 Å². The van der Waals surface area contributed by atoms with Crippen molar-refractivity contribution in [1.29, 1.82) is 0 Å². The third kappa shape index (κ3) is 1.79. The van der Waals surface area contributed by atoms with Gasteiger partial charge in [0.1, 0.15) is 0 Å². The minimum Gasteiger partial charge on any atom is -0.359 e. The standard InChI is InChI=1S/C14H24N2O/c1-16-14(17)12(7-15)13-10-3-8-2-9(5-10)6-11(13)4-8/h8-13H,2-7,15H2,1H3,(H,16,17). The lowest BCUT2D eigenvalue weighted by atomic mass is 9.49. The number of carbonyl (C=O) groups is 1. The summed E-state index contributed by atoms with van der Waals surface area (Å²) in [6, 6.07) is 0. The van der Waals surface area contributed by atoms with Crippen LogP contribution < -0.4 is 11.1 Å². The molecule has 4 aliphatic rings. The summed E-state index contributed by atoms with van der Waals surface area (Å²) in [5, 5.41) is 2.81. The maximum atomic E-state index is 12.0. The fourth-order valence-corrected chi connectivity index (χ4v) is 5.25. The molecule has 0 spiro atoms. The molecule has 0 radical (unpaired) electrons. The third-order valence-corrected chi connectivity index (χ3v) is 5.60. The second kappa shape index (κ2) is 4.27. The molecule has 3 N–H and O–H groups in total. The molecule has 4 fully saturated rings. The van der Waals surface area contributed by atoms with Gasteiger partial charge in [-0.05, 0) is 61.7 Å². The number of nitrogens with one attached hydrogen (secondary N) is 1. The van der Waals surface area contributed by atoms with Crippen LogP contribution in [0.5, 0.6) is 0 Å². The van der Waals surface area contributed by atoms with Crippen molar-refractivity contribution in [2.24, 2.45) is 41.2 Å². The Hall–Kier alpha value is -0.570. The van der Waals surface area contributed by atoms with Crippen LogP contribution in [0.15, 0.2) is 0 Å². The molecule has 4 saturated carbocycles. The van der Waals surface area contributed by atoms with Crippen LogP contribution >= 0.6 is 0 Å². The maximum Gasteiger partial charge on any atom is 0.224 e. The fraction of sp³-hybridized carbons (Fsp3) is 0.929. The minimum atomic E-state index is 0.0648. The first-order valence-corrected chi connectivity index (χ1v) is 7.14. The van der Waals surface area contributed by atoms with Gasteiger partial charge in [-0.1, -0.05) is 0 Å². The topological polar surface area (TPSA) is 55.1 Å². The van der Waals surface area contributed by atoms with Gasteiger partial charge in [0.05, 0.1) is 5.92 Å². The van der Waals surface area contributed by atoms with Crippen molar-refractivity contribution in [3.63, 3.8) is 0 Å². The zero-order valence-electron chi connectivity index (χ0n) is 10.7. The van der Waals surface area contributed by atoms with E-state index in [-0.39, 0.29) is 11.8 Å². The van der Waals surface area contributed by atoms with Crippen molar-refractivity contribution in [1.82, 2.24) is 5.32 Å². The van der Waals surface area contributed by atoms with E-state index in [2.05, 4.69) is 5.32 Å². The first kappa shape index (κ1) is 11.5. The second-order valence-electron chi connectivity index (χ2n) is 6.46. The quantitative estimate of drug-likeness (QED) is 0.778. The van der Waals surface area contributed by atoms with E-state index in [1.54, 1.807) is 7.05 Å². The van der Waals surface area contributed by atoms with Crippen LogP contribution in [-0.2, 0) is 4.79 Å². The van der Waals surface area contributed by atoms with Gasteiger partial charge in [-0.15, -0.1) is 0 Å². The molecule has 0 aromatic rings. The van der Waals surface area contributed by atoms with E-state index >= 15 is 0 Å². The largest absolute Gasteiger partial charge is 0.359 e. The zero-order chi connectivity index (χ0) is 12.0. The van der Waals surface area contributed by atoms with Gasteiger partial charge in [-0.3, -0.25) is 4.79 Å². The Morgan fingerprint density at radius 2 is 1.71 bits per heavy atom. The Kier molecular flexibility index (Phi) is 2.89. The summed E-state index contributed by atoms with van der Waals surface area (Å²) in [5.41, 5.74) is 5.87. The summed E-state index contributed by atoms with van der Waals surface area (Å²) in [5.74, 6) is 4.33. The highest BCUT2D eigenvalue weighted by Gasteiger charge is 2.51. The number of hydrogen-bond donors (Lipinski definition) is 2. The monoisotopic (exact) mass is 236 g/mol. The maximum absolute atomic E-state index is 12.0. The number of hydrogen-bond acceptors (Lipinski definition) is 2. The van der Waals surface area contributed by atoms with Crippen LogP contribution in [0.4, 0.5) is 0 Å². The summed E-state index contributed by atoms with van der Waals surface area (Å²) >= 11 is 0. The minimum absolute atomic E-state index is 0.0648. The van der Waals surface area contributed by atoms with E-state index in [0.717, 1.165) is 23.7 Å². The Balaban J connectivity index is 1.80. The summed E-state index contributed by atoms with van der Waals surface area (Å²) < 4.78 is 0. The molecular formula is C14H24N2O. The average Bonchev–Trinajstić information content (AvgIpc) is 2.32. The van der Waals surface area contributed by atoms with Crippen LogP contribution in [-0.4, -0.2) is 19.5 Å². The number of rotatable bonds is 3. The molecule has 0 aromatic heterocycles. The highest BCUT2D eigenvalue weighted by Crippen LogP contribution is 2.58. The highest BCUT2D eigenvalue weighted by molar-refractivity contribution is 5.79. The molecule has 0 saturated heterocycles. The predicted octanol–water partition coefficient (Wildman–Crippen LogP) is 1.38. The first-order chi connectivity index (χ1) is 8.22. The van der Waals surface area contributed by atoms with Crippen molar-refractivity contribution in [3.05, 3.63) is 0 Å². The smallest absolute Gasteiger partial charge is 0.224 e. The van der Waals surface area contributed by atoms with E-state index < -0.39 is 0 Å². The molecule has 3 nitrogen and oxygen atoms in total. The van der Waals surface area contributed by atoms with Gasteiger partial charge in [0.25, 0.3) is 0 Å². The van der Waals surface area contributed by atoms with Gasteiger partial charge < -0.3 is 11.1 Å². The van der Waals surface area contributed by atoms with Gasteiger partial charge in [-0.25, -0.2) is 0 Å². The molecule has 4 rings (SSSR count). The molecular weight excluding hydrogens is 212 g/mol. The van der Waals surface area contributed by atoms with Crippen LogP contribution in [0, 0.1) is 35.5 Å². The molecule has 1 atom stereocenters. The molecule has 4 bridgehead atoms. The van der Waals surface area contributed by atoms with Gasteiger partial charge in [0, 0.05) is 13.6 Å². The van der Waals surface area contributed by atoms with Gasteiger partial charge in [0.15, 0.2) is 0 Å². The first-order valence-electron chi connectivity index (χ1n) is 7.14. The van der Waals surface area contributed by atoms with E-state index in [0.29, 0.717) is 12.5 Å². The predicted molar refractivity (Wildman–Crippen MR) is 67.1 cm³/mol. The van der Waals surface area contributed by atoms with Crippen LogP contribution in [0.1, 0.15) is 32.1 Å². The molecule has 0 aromatic carbocycles. The summed E-state index contributed by atoms with van der Waals surface area (Å²) in [7, 11) is 1.74. The second-order valence-corrected chi connectivity index (χ2v) is 6.46. The Labute approximate surface area is 104 Å². The average molecular weight is 236 g/mol. The number of amides is 1. The van der Waals surface area contributed by atoms with E-state index in [4.69, 9.17) is 5.73 Å². The van der Waals surface area contributed by atoms with Crippen molar-refractivity contribution in [2.45, 2.75) is 32.1 Å².